The van der Waals surface area contributed by atoms with Crippen molar-refractivity contribution in [2.45, 2.75) is 26.3 Å². The summed E-state index contributed by atoms with van der Waals surface area (Å²) in [5.41, 5.74) is 3.24. The minimum Gasteiger partial charge on any atom is -0.481 e. The average Bonchev–Trinajstić information content (AvgIpc) is 2.84. The van der Waals surface area contributed by atoms with Crippen LogP contribution in [0.4, 0.5) is 5.69 Å². The van der Waals surface area contributed by atoms with Crippen molar-refractivity contribution in [3.8, 4) is 0 Å². The standard InChI is InChI=1S/C16H21N3O2/c1-3-15-13(11-18(2)17-15)12-19(10-9-16(20)21)14-7-5-4-6-8-14/h4-8,11H,3,9-10,12H2,1-2H3,(H,20,21). The molecule has 1 aromatic heterocycles. The van der Waals surface area contributed by atoms with Crippen LogP contribution >= 0.6 is 0 Å². The number of hydrogen-bond acceptors (Lipinski definition) is 3. The fraction of sp³-hybridized carbons (Fsp3) is 0.375. The number of benzene rings is 1. The van der Waals surface area contributed by atoms with E-state index >= 15 is 0 Å². The largest absolute Gasteiger partial charge is 0.481 e. The highest BCUT2D eigenvalue weighted by molar-refractivity contribution is 5.67. The summed E-state index contributed by atoms with van der Waals surface area (Å²) in [7, 11) is 1.91. The lowest BCUT2D eigenvalue weighted by atomic mass is 10.1. The van der Waals surface area contributed by atoms with Gasteiger partial charge in [0.05, 0.1) is 12.1 Å². The lowest BCUT2D eigenvalue weighted by Gasteiger charge is -2.24. The maximum absolute atomic E-state index is 10.9. The monoisotopic (exact) mass is 287 g/mol. The van der Waals surface area contributed by atoms with Crippen molar-refractivity contribution in [2.24, 2.45) is 7.05 Å². The molecule has 112 valence electrons. The lowest BCUT2D eigenvalue weighted by molar-refractivity contribution is -0.136. The smallest absolute Gasteiger partial charge is 0.305 e. The van der Waals surface area contributed by atoms with Crippen LogP contribution in [0.5, 0.6) is 0 Å². The number of rotatable bonds is 7. The number of anilines is 1. The summed E-state index contributed by atoms with van der Waals surface area (Å²) in [5.74, 6) is -0.780. The number of aromatic nitrogens is 2. The molecule has 0 radical (unpaired) electrons. The van der Waals surface area contributed by atoms with Gasteiger partial charge in [0, 0.05) is 37.6 Å². The summed E-state index contributed by atoms with van der Waals surface area (Å²) >= 11 is 0. The second-order valence-corrected chi connectivity index (χ2v) is 5.03. The van der Waals surface area contributed by atoms with Crippen LogP contribution in [-0.4, -0.2) is 27.4 Å². The minimum absolute atomic E-state index is 0.122. The Kier molecular flexibility index (Phi) is 4.98. The molecular weight excluding hydrogens is 266 g/mol. The van der Waals surface area contributed by atoms with Crippen molar-refractivity contribution in [1.29, 1.82) is 0 Å². The molecule has 0 amide bonds. The topological polar surface area (TPSA) is 58.4 Å². The van der Waals surface area contributed by atoms with Crippen LogP contribution in [0.1, 0.15) is 24.6 Å². The van der Waals surface area contributed by atoms with Gasteiger partial charge in [-0.3, -0.25) is 9.48 Å². The van der Waals surface area contributed by atoms with Gasteiger partial charge in [-0.25, -0.2) is 0 Å². The second kappa shape index (κ2) is 6.92. The molecule has 0 aliphatic carbocycles. The van der Waals surface area contributed by atoms with E-state index in [0.717, 1.165) is 23.4 Å². The van der Waals surface area contributed by atoms with E-state index < -0.39 is 5.97 Å². The van der Waals surface area contributed by atoms with Crippen molar-refractivity contribution >= 4 is 11.7 Å². The van der Waals surface area contributed by atoms with Gasteiger partial charge < -0.3 is 10.0 Å². The van der Waals surface area contributed by atoms with E-state index in [-0.39, 0.29) is 6.42 Å². The number of para-hydroxylation sites is 1. The Morgan fingerprint density at radius 1 is 1.33 bits per heavy atom. The van der Waals surface area contributed by atoms with Crippen LogP contribution in [0.3, 0.4) is 0 Å². The summed E-state index contributed by atoms with van der Waals surface area (Å²) < 4.78 is 1.81. The molecule has 1 aromatic carbocycles. The molecule has 0 aliphatic rings. The maximum atomic E-state index is 10.9. The van der Waals surface area contributed by atoms with Crippen molar-refractivity contribution in [3.05, 3.63) is 47.8 Å². The van der Waals surface area contributed by atoms with Gasteiger partial charge in [-0.15, -0.1) is 0 Å². The first kappa shape index (κ1) is 15.1. The van der Waals surface area contributed by atoms with Gasteiger partial charge in [-0.1, -0.05) is 25.1 Å². The van der Waals surface area contributed by atoms with E-state index in [1.165, 1.54) is 0 Å². The predicted octanol–water partition coefficient (Wildman–Crippen LogP) is 2.46. The third-order valence-electron chi connectivity index (χ3n) is 3.40. The first-order chi connectivity index (χ1) is 10.1. The third-order valence-corrected chi connectivity index (χ3v) is 3.40. The van der Waals surface area contributed by atoms with Crippen LogP contribution < -0.4 is 4.90 Å². The van der Waals surface area contributed by atoms with Crippen molar-refractivity contribution in [1.82, 2.24) is 9.78 Å². The molecule has 0 saturated carbocycles. The minimum atomic E-state index is -0.780. The Morgan fingerprint density at radius 2 is 2.05 bits per heavy atom. The molecule has 0 bridgehead atoms. The van der Waals surface area contributed by atoms with E-state index in [4.69, 9.17) is 5.11 Å². The van der Waals surface area contributed by atoms with Crippen LogP contribution in [0.15, 0.2) is 36.5 Å². The molecule has 1 N–H and O–H groups in total. The molecule has 2 aromatic rings. The van der Waals surface area contributed by atoms with Crippen LogP contribution in [0.2, 0.25) is 0 Å². The molecule has 0 fully saturated rings. The fourth-order valence-electron chi connectivity index (χ4n) is 2.39. The van der Waals surface area contributed by atoms with E-state index in [1.54, 1.807) is 0 Å². The highest BCUT2D eigenvalue weighted by atomic mass is 16.4. The van der Waals surface area contributed by atoms with Gasteiger partial charge in [0.2, 0.25) is 0 Å². The number of carboxylic acid groups (broad SMARTS) is 1. The van der Waals surface area contributed by atoms with Gasteiger partial charge in [-0.05, 0) is 18.6 Å². The fourth-order valence-corrected chi connectivity index (χ4v) is 2.39. The number of carboxylic acids is 1. The van der Waals surface area contributed by atoms with E-state index in [0.29, 0.717) is 13.1 Å². The van der Waals surface area contributed by atoms with Gasteiger partial charge in [-0.2, -0.15) is 5.10 Å². The number of aliphatic carboxylic acids is 1. The Morgan fingerprint density at radius 3 is 2.67 bits per heavy atom. The number of aryl methyl sites for hydroxylation is 2. The summed E-state index contributed by atoms with van der Waals surface area (Å²) in [6.45, 7) is 3.24. The normalized spacial score (nSPS) is 10.6. The molecule has 1 heterocycles. The molecule has 5 heteroatoms. The number of hydrogen-bond donors (Lipinski definition) is 1. The molecule has 0 atom stereocenters. The summed E-state index contributed by atoms with van der Waals surface area (Å²) in [5, 5.41) is 13.4. The van der Waals surface area contributed by atoms with Crippen LogP contribution in [-0.2, 0) is 24.8 Å². The van der Waals surface area contributed by atoms with Gasteiger partial charge in [0.25, 0.3) is 0 Å². The third kappa shape index (κ3) is 4.08. The summed E-state index contributed by atoms with van der Waals surface area (Å²) in [6.07, 6.45) is 3.00. The molecule has 0 spiro atoms. The SMILES string of the molecule is CCc1nn(C)cc1CN(CCC(=O)O)c1ccccc1. The van der Waals surface area contributed by atoms with Crippen molar-refractivity contribution in [3.63, 3.8) is 0 Å². The number of nitrogens with zero attached hydrogens (tertiary/aromatic N) is 3. The molecule has 21 heavy (non-hydrogen) atoms. The molecule has 2 rings (SSSR count). The summed E-state index contributed by atoms with van der Waals surface area (Å²) in [4.78, 5) is 13.0. The molecule has 0 saturated heterocycles. The quantitative estimate of drug-likeness (QED) is 0.850. The van der Waals surface area contributed by atoms with Crippen molar-refractivity contribution < 1.29 is 9.90 Å². The van der Waals surface area contributed by atoms with E-state index in [9.17, 15) is 4.79 Å². The van der Waals surface area contributed by atoms with Gasteiger partial charge in [0.1, 0.15) is 0 Å². The molecular formula is C16H21N3O2. The zero-order valence-electron chi connectivity index (χ0n) is 12.5. The second-order valence-electron chi connectivity index (χ2n) is 5.03. The predicted molar refractivity (Wildman–Crippen MR) is 82.3 cm³/mol. The Hall–Kier alpha value is -2.30. The zero-order chi connectivity index (χ0) is 15.2. The van der Waals surface area contributed by atoms with Crippen molar-refractivity contribution in [2.75, 3.05) is 11.4 Å². The highest BCUT2D eigenvalue weighted by Gasteiger charge is 2.13. The van der Waals surface area contributed by atoms with Gasteiger partial charge >= 0.3 is 5.97 Å². The number of carbonyl (C=O) groups is 1. The Bertz CT molecular complexity index is 593. The van der Waals surface area contributed by atoms with Crippen LogP contribution in [0, 0.1) is 0 Å². The van der Waals surface area contributed by atoms with E-state index in [2.05, 4.69) is 16.9 Å². The maximum Gasteiger partial charge on any atom is 0.305 e. The van der Waals surface area contributed by atoms with Gasteiger partial charge in [0.15, 0.2) is 0 Å². The highest BCUT2D eigenvalue weighted by Crippen LogP contribution is 2.19. The van der Waals surface area contributed by atoms with E-state index in [1.807, 2.05) is 48.3 Å². The first-order valence-corrected chi connectivity index (χ1v) is 7.13. The Balaban J connectivity index is 2.20. The molecule has 5 nitrogen and oxygen atoms in total. The summed E-state index contributed by atoms with van der Waals surface area (Å²) in [6, 6.07) is 9.90. The Labute approximate surface area is 124 Å². The van der Waals surface area contributed by atoms with Crippen LogP contribution in [0.25, 0.3) is 0 Å². The average molecular weight is 287 g/mol. The zero-order valence-corrected chi connectivity index (χ0v) is 12.5. The first-order valence-electron chi connectivity index (χ1n) is 7.13. The molecule has 0 unspecified atom stereocenters. The lowest BCUT2D eigenvalue weighted by Crippen LogP contribution is -2.25. The molecule has 0 aliphatic heterocycles.